The first-order chi connectivity index (χ1) is 10.4. The molecule has 0 fully saturated rings. The van der Waals surface area contributed by atoms with Crippen LogP contribution in [0.5, 0.6) is 0 Å². The van der Waals surface area contributed by atoms with E-state index in [-0.39, 0.29) is 17.9 Å². The molecular weight excluding hydrogens is 296 g/mol. The average Bonchev–Trinajstić information content (AvgIpc) is 3.11. The fourth-order valence-electron chi connectivity index (χ4n) is 2.44. The van der Waals surface area contributed by atoms with Crippen LogP contribution in [0.15, 0.2) is 24.3 Å². The number of carbonyl (C=O) groups excluding carboxylic acids is 1. The quantitative estimate of drug-likeness (QED) is 0.946. The second-order valence-corrected chi connectivity index (χ2v) is 7.20. The van der Waals surface area contributed by atoms with Crippen molar-refractivity contribution in [3.63, 3.8) is 0 Å². The van der Waals surface area contributed by atoms with Crippen LogP contribution in [0.3, 0.4) is 0 Å². The van der Waals surface area contributed by atoms with Crippen LogP contribution in [0, 0.1) is 0 Å². The summed E-state index contributed by atoms with van der Waals surface area (Å²) in [5.41, 5.74) is 2.19. The second-order valence-electron chi connectivity index (χ2n) is 6.45. The van der Waals surface area contributed by atoms with Gasteiger partial charge >= 0.3 is 0 Å². The maximum absolute atomic E-state index is 12.4. The number of carbonyl (C=O) groups is 1. The van der Waals surface area contributed by atoms with E-state index in [0.717, 1.165) is 24.5 Å². The Balaban J connectivity index is 1.63. The Hall–Kier alpha value is -1.95. The molecule has 22 heavy (non-hydrogen) atoms. The predicted octanol–water partition coefficient (Wildman–Crippen LogP) is 2.84. The van der Waals surface area contributed by atoms with Crippen LogP contribution < -0.4 is 10.2 Å². The van der Waals surface area contributed by atoms with E-state index in [4.69, 9.17) is 0 Å². The molecule has 1 aromatic carbocycles. The Kier molecular flexibility index (Phi) is 3.87. The summed E-state index contributed by atoms with van der Waals surface area (Å²) in [6.45, 7) is 7.22. The van der Waals surface area contributed by atoms with Gasteiger partial charge in [0.25, 0.3) is 0 Å². The van der Waals surface area contributed by atoms with Gasteiger partial charge in [0.15, 0.2) is 0 Å². The minimum atomic E-state index is -0.0751. The third kappa shape index (κ3) is 2.97. The minimum Gasteiger partial charge on any atom is -0.351 e. The Labute approximate surface area is 134 Å². The number of para-hydroxylation sites is 1. The molecule has 1 amide bonds. The first-order valence-electron chi connectivity index (χ1n) is 7.41. The SMILES string of the molecule is CC(C)(C)c1nsc(NCC(=O)N2CCc3ccccc32)n1. The smallest absolute Gasteiger partial charge is 0.246 e. The monoisotopic (exact) mass is 316 g/mol. The molecule has 6 heteroatoms. The van der Waals surface area contributed by atoms with Crippen LogP contribution in [-0.2, 0) is 16.6 Å². The highest BCUT2D eigenvalue weighted by Gasteiger charge is 2.24. The van der Waals surface area contributed by atoms with E-state index in [9.17, 15) is 4.79 Å². The highest BCUT2D eigenvalue weighted by atomic mass is 32.1. The standard InChI is InChI=1S/C16H20N4OS/c1-16(2,3)14-18-15(22-19-14)17-10-13(21)20-9-8-11-6-4-5-7-12(11)20/h4-7H,8-10H2,1-3H3,(H,17,18,19). The third-order valence-corrected chi connectivity index (χ3v) is 4.35. The zero-order valence-corrected chi connectivity index (χ0v) is 13.9. The van der Waals surface area contributed by atoms with Gasteiger partial charge in [-0.2, -0.15) is 4.37 Å². The molecular formula is C16H20N4OS. The molecule has 0 radical (unpaired) electrons. The summed E-state index contributed by atoms with van der Waals surface area (Å²) in [6, 6.07) is 8.07. The number of amides is 1. The molecule has 2 aromatic rings. The molecule has 3 rings (SSSR count). The normalized spacial score (nSPS) is 14.0. The van der Waals surface area contributed by atoms with E-state index < -0.39 is 0 Å². The summed E-state index contributed by atoms with van der Waals surface area (Å²) in [5, 5.41) is 3.80. The second kappa shape index (κ2) is 5.68. The maximum Gasteiger partial charge on any atom is 0.246 e. The van der Waals surface area contributed by atoms with Crippen molar-refractivity contribution in [2.45, 2.75) is 32.6 Å². The molecule has 5 nitrogen and oxygen atoms in total. The highest BCUT2D eigenvalue weighted by Crippen LogP contribution is 2.27. The number of hydrogen-bond acceptors (Lipinski definition) is 5. The van der Waals surface area contributed by atoms with E-state index in [1.54, 1.807) is 0 Å². The van der Waals surface area contributed by atoms with Crippen molar-refractivity contribution in [1.82, 2.24) is 9.36 Å². The van der Waals surface area contributed by atoms with Crippen molar-refractivity contribution in [3.05, 3.63) is 35.7 Å². The fourth-order valence-corrected chi connectivity index (χ4v) is 3.20. The first kappa shape index (κ1) is 15.0. The lowest BCUT2D eigenvalue weighted by molar-refractivity contribution is -0.116. The molecule has 0 saturated heterocycles. The van der Waals surface area contributed by atoms with Crippen molar-refractivity contribution in [2.24, 2.45) is 0 Å². The largest absolute Gasteiger partial charge is 0.351 e. The summed E-state index contributed by atoms with van der Waals surface area (Å²) in [5.74, 6) is 0.872. The van der Waals surface area contributed by atoms with Crippen LogP contribution in [0.2, 0.25) is 0 Å². The third-order valence-electron chi connectivity index (χ3n) is 3.68. The zero-order chi connectivity index (χ0) is 15.7. The Morgan fingerprint density at radius 3 is 2.86 bits per heavy atom. The Bertz CT molecular complexity index is 689. The minimum absolute atomic E-state index is 0.0671. The lowest BCUT2D eigenvalue weighted by atomic mass is 9.96. The van der Waals surface area contributed by atoms with Gasteiger partial charge < -0.3 is 10.2 Å². The molecule has 0 bridgehead atoms. The van der Waals surface area contributed by atoms with Crippen molar-refractivity contribution in [3.8, 4) is 0 Å². The van der Waals surface area contributed by atoms with Gasteiger partial charge in [-0.15, -0.1) is 0 Å². The summed E-state index contributed by atoms with van der Waals surface area (Å²) in [4.78, 5) is 18.7. The van der Waals surface area contributed by atoms with E-state index in [1.165, 1.54) is 17.1 Å². The number of nitrogens with one attached hydrogen (secondary N) is 1. The molecule has 0 aliphatic carbocycles. The Morgan fingerprint density at radius 2 is 2.14 bits per heavy atom. The van der Waals surface area contributed by atoms with Gasteiger partial charge in [-0.3, -0.25) is 4.79 Å². The van der Waals surface area contributed by atoms with Gasteiger partial charge in [-0.25, -0.2) is 4.98 Å². The number of benzene rings is 1. The number of fused-ring (bicyclic) bond motifs is 1. The molecule has 0 unspecified atom stereocenters. The summed E-state index contributed by atoms with van der Waals surface area (Å²) in [7, 11) is 0. The van der Waals surface area contributed by atoms with Crippen LogP contribution in [0.25, 0.3) is 0 Å². The number of aromatic nitrogens is 2. The van der Waals surface area contributed by atoms with Crippen molar-refractivity contribution >= 4 is 28.3 Å². The van der Waals surface area contributed by atoms with Gasteiger partial charge in [-0.1, -0.05) is 39.0 Å². The molecule has 2 heterocycles. The van der Waals surface area contributed by atoms with E-state index in [2.05, 4.69) is 41.5 Å². The van der Waals surface area contributed by atoms with Gasteiger partial charge in [0.05, 0.1) is 6.54 Å². The van der Waals surface area contributed by atoms with Gasteiger partial charge in [0.2, 0.25) is 11.0 Å². The topological polar surface area (TPSA) is 58.1 Å². The van der Waals surface area contributed by atoms with Crippen LogP contribution in [-0.4, -0.2) is 28.4 Å². The van der Waals surface area contributed by atoms with Crippen LogP contribution >= 0.6 is 11.5 Å². The van der Waals surface area contributed by atoms with Gasteiger partial charge in [-0.05, 0) is 18.1 Å². The van der Waals surface area contributed by atoms with Crippen molar-refractivity contribution in [1.29, 1.82) is 0 Å². The number of hydrogen-bond donors (Lipinski definition) is 1. The van der Waals surface area contributed by atoms with Crippen molar-refractivity contribution < 1.29 is 4.79 Å². The molecule has 0 atom stereocenters. The molecule has 1 aliphatic rings. The maximum atomic E-state index is 12.4. The molecule has 0 spiro atoms. The van der Waals surface area contributed by atoms with Gasteiger partial charge in [0, 0.05) is 29.2 Å². The number of rotatable bonds is 3. The lowest BCUT2D eigenvalue weighted by Crippen LogP contribution is -2.34. The molecule has 1 aromatic heterocycles. The zero-order valence-electron chi connectivity index (χ0n) is 13.1. The number of anilines is 2. The van der Waals surface area contributed by atoms with E-state index in [0.29, 0.717) is 5.13 Å². The van der Waals surface area contributed by atoms with E-state index >= 15 is 0 Å². The fraction of sp³-hybridized carbons (Fsp3) is 0.438. The Morgan fingerprint density at radius 1 is 1.36 bits per heavy atom. The van der Waals surface area contributed by atoms with Crippen LogP contribution in [0.1, 0.15) is 32.2 Å². The van der Waals surface area contributed by atoms with Gasteiger partial charge in [0.1, 0.15) is 5.82 Å². The average molecular weight is 316 g/mol. The highest BCUT2D eigenvalue weighted by molar-refractivity contribution is 7.09. The summed E-state index contributed by atoms with van der Waals surface area (Å²) >= 11 is 1.30. The summed E-state index contributed by atoms with van der Waals surface area (Å²) < 4.78 is 4.34. The molecule has 1 aliphatic heterocycles. The van der Waals surface area contributed by atoms with Crippen LogP contribution in [0.4, 0.5) is 10.8 Å². The molecule has 0 saturated carbocycles. The molecule has 116 valence electrons. The first-order valence-corrected chi connectivity index (χ1v) is 8.19. The van der Waals surface area contributed by atoms with Crippen molar-refractivity contribution in [2.75, 3.05) is 23.3 Å². The predicted molar refractivity (Wildman–Crippen MR) is 89.6 cm³/mol. The van der Waals surface area contributed by atoms with E-state index in [1.807, 2.05) is 23.1 Å². The lowest BCUT2D eigenvalue weighted by Gasteiger charge is -2.17. The summed E-state index contributed by atoms with van der Waals surface area (Å²) in [6.07, 6.45) is 0.925. The number of nitrogens with zero attached hydrogens (tertiary/aromatic N) is 3. The molecule has 1 N–H and O–H groups in total.